The van der Waals surface area contributed by atoms with E-state index in [9.17, 15) is 8.42 Å². The SMILES string of the molecule is O=S(=O)(C1CCOCC1)N1CCC(NCC2CC2)CC1. The van der Waals surface area contributed by atoms with Crippen LogP contribution in [0.5, 0.6) is 0 Å². The van der Waals surface area contributed by atoms with E-state index in [1.165, 1.54) is 12.8 Å². The average Bonchev–Trinajstić information content (AvgIpc) is 3.31. The quantitative estimate of drug-likeness (QED) is 0.822. The molecular formula is C14H26N2O3S. The molecule has 0 atom stereocenters. The first-order chi connectivity index (χ1) is 9.66. The Bertz CT molecular complexity index is 408. The largest absolute Gasteiger partial charge is 0.381 e. The van der Waals surface area contributed by atoms with Crippen LogP contribution in [0.15, 0.2) is 0 Å². The molecule has 2 heterocycles. The monoisotopic (exact) mass is 302 g/mol. The van der Waals surface area contributed by atoms with Crippen molar-refractivity contribution in [1.29, 1.82) is 0 Å². The number of piperidine rings is 1. The highest BCUT2D eigenvalue weighted by molar-refractivity contribution is 7.89. The van der Waals surface area contributed by atoms with Crippen LogP contribution in [-0.4, -0.2) is 56.9 Å². The molecule has 2 aliphatic heterocycles. The zero-order chi connectivity index (χ0) is 14.0. The Balaban J connectivity index is 1.48. The fourth-order valence-electron chi connectivity index (χ4n) is 3.15. The van der Waals surface area contributed by atoms with Crippen LogP contribution < -0.4 is 5.32 Å². The van der Waals surface area contributed by atoms with E-state index in [0.29, 0.717) is 45.2 Å². The van der Waals surface area contributed by atoms with Gasteiger partial charge in [0.25, 0.3) is 0 Å². The molecule has 2 saturated heterocycles. The molecule has 1 aliphatic carbocycles. The number of nitrogens with zero attached hydrogens (tertiary/aromatic N) is 1. The molecule has 0 aromatic carbocycles. The maximum Gasteiger partial charge on any atom is 0.217 e. The van der Waals surface area contributed by atoms with E-state index in [4.69, 9.17) is 4.74 Å². The molecule has 1 N–H and O–H groups in total. The molecule has 3 rings (SSSR count). The molecular weight excluding hydrogens is 276 g/mol. The van der Waals surface area contributed by atoms with Crippen LogP contribution in [0.2, 0.25) is 0 Å². The van der Waals surface area contributed by atoms with Crippen molar-refractivity contribution < 1.29 is 13.2 Å². The van der Waals surface area contributed by atoms with E-state index in [1.54, 1.807) is 4.31 Å². The molecule has 0 bridgehead atoms. The van der Waals surface area contributed by atoms with Gasteiger partial charge in [-0.05, 0) is 51.0 Å². The topological polar surface area (TPSA) is 58.6 Å². The zero-order valence-electron chi connectivity index (χ0n) is 12.1. The van der Waals surface area contributed by atoms with Crippen LogP contribution in [0.25, 0.3) is 0 Å². The molecule has 3 aliphatic rings. The van der Waals surface area contributed by atoms with Gasteiger partial charge in [-0.1, -0.05) is 0 Å². The normalized spacial score (nSPS) is 27.8. The molecule has 5 nitrogen and oxygen atoms in total. The summed E-state index contributed by atoms with van der Waals surface area (Å²) in [5.41, 5.74) is 0. The summed E-state index contributed by atoms with van der Waals surface area (Å²) in [6.45, 7) is 3.66. The van der Waals surface area contributed by atoms with Crippen molar-refractivity contribution in [3.63, 3.8) is 0 Å². The lowest BCUT2D eigenvalue weighted by molar-refractivity contribution is 0.0968. The summed E-state index contributed by atoms with van der Waals surface area (Å²) in [6.07, 6.45) is 5.95. The number of sulfonamides is 1. The van der Waals surface area contributed by atoms with Gasteiger partial charge in [-0.3, -0.25) is 0 Å². The van der Waals surface area contributed by atoms with Gasteiger partial charge in [0.15, 0.2) is 0 Å². The maximum absolute atomic E-state index is 12.6. The van der Waals surface area contributed by atoms with Crippen LogP contribution >= 0.6 is 0 Å². The van der Waals surface area contributed by atoms with Crippen molar-refractivity contribution in [1.82, 2.24) is 9.62 Å². The van der Waals surface area contributed by atoms with Gasteiger partial charge >= 0.3 is 0 Å². The van der Waals surface area contributed by atoms with Crippen molar-refractivity contribution in [2.75, 3.05) is 32.8 Å². The highest BCUT2D eigenvalue weighted by Gasteiger charge is 2.35. The van der Waals surface area contributed by atoms with Crippen LogP contribution in [0.3, 0.4) is 0 Å². The Labute approximate surface area is 122 Å². The minimum Gasteiger partial charge on any atom is -0.381 e. The third-order valence-corrected chi connectivity index (χ3v) is 7.19. The van der Waals surface area contributed by atoms with E-state index >= 15 is 0 Å². The molecule has 6 heteroatoms. The van der Waals surface area contributed by atoms with Crippen LogP contribution in [0.4, 0.5) is 0 Å². The van der Waals surface area contributed by atoms with Gasteiger partial charge in [-0.2, -0.15) is 0 Å². The van der Waals surface area contributed by atoms with Gasteiger partial charge in [-0.15, -0.1) is 0 Å². The Morgan fingerprint density at radius 1 is 1.00 bits per heavy atom. The van der Waals surface area contributed by atoms with Crippen molar-refractivity contribution in [2.24, 2.45) is 5.92 Å². The van der Waals surface area contributed by atoms with Crippen molar-refractivity contribution in [3.05, 3.63) is 0 Å². The number of rotatable bonds is 5. The molecule has 0 unspecified atom stereocenters. The number of nitrogens with one attached hydrogen (secondary N) is 1. The molecule has 0 amide bonds. The summed E-state index contributed by atoms with van der Waals surface area (Å²) in [4.78, 5) is 0. The smallest absolute Gasteiger partial charge is 0.217 e. The number of ether oxygens (including phenoxy) is 1. The van der Waals surface area contributed by atoms with Crippen molar-refractivity contribution >= 4 is 10.0 Å². The highest BCUT2D eigenvalue weighted by Crippen LogP contribution is 2.28. The van der Waals surface area contributed by atoms with E-state index in [2.05, 4.69) is 5.32 Å². The first kappa shape index (κ1) is 14.8. The first-order valence-corrected chi connectivity index (χ1v) is 9.46. The molecule has 116 valence electrons. The van der Waals surface area contributed by atoms with Crippen LogP contribution in [-0.2, 0) is 14.8 Å². The second-order valence-corrected chi connectivity index (χ2v) is 8.59. The van der Waals surface area contributed by atoms with Gasteiger partial charge in [0, 0.05) is 32.3 Å². The third kappa shape index (κ3) is 3.53. The number of hydrogen-bond acceptors (Lipinski definition) is 4. The fourth-order valence-corrected chi connectivity index (χ4v) is 5.08. The van der Waals surface area contributed by atoms with E-state index in [1.807, 2.05) is 0 Å². The lowest BCUT2D eigenvalue weighted by Crippen LogP contribution is -2.48. The predicted octanol–water partition coefficient (Wildman–Crippen LogP) is 0.959. The number of hydrogen-bond donors (Lipinski definition) is 1. The Morgan fingerprint density at radius 2 is 1.65 bits per heavy atom. The summed E-state index contributed by atoms with van der Waals surface area (Å²) in [5.74, 6) is 0.888. The molecule has 0 aromatic rings. The molecule has 0 radical (unpaired) electrons. The second kappa shape index (κ2) is 6.30. The Kier molecular flexibility index (Phi) is 4.65. The summed E-state index contributed by atoms with van der Waals surface area (Å²) in [6, 6.07) is 0.511. The van der Waals surface area contributed by atoms with Gasteiger partial charge in [-0.25, -0.2) is 12.7 Å². The van der Waals surface area contributed by atoms with Gasteiger partial charge in [0.2, 0.25) is 10.0 Å². The average molecular weight is 302 g/mol. The zero-order valence-corrected chi connectivity index (χ0v) is 12.9. The van der Waals surface area contributed by atoms with Crippen LogP contribution in [0, 0.1) is 5.92 Å². The molecule has 0 spiro atoms. The summed E-state index contributed by atoms with van der Waals surface area (Å²) >= 11 is 0. The first-order valence-electron chi connectivity index (χ1n) is 7.96. The van der Waals surface area contributed by atoms with Gasteiger partial charge < -0.3 is 10.1 Å². The molecule has 3 fully saturated rings. The van der Waals surface area contributed by atoms with Crippen molar-refractivity contribution in [3.8, 4) is 0 Å². The predicted molar refractivity (Wildman–Crippen MR) is 78.1 cm³/mol. The summed E-state index contributed by atoms with van der Waals surface area (Å²) in [5, 5.41) is 3.38. The lowest BCUT2D eigenvalue weighted by Gasteiger charge is -2.35. The van der Waals surface area contributed by atoms with Crippen LogP contribution in [0.1, 0.15) is 38.5 Å². The Hall–Kier alpha value is -0.170. The standard InChI is InChI=1S/C14H26N2O3S/c17-20(18,14-5-9-19-10-6-14)16-7-3-13(4-8-16)15-11-12-1-2-12/h12-15H,1-11H2. The Morgan fingerprint density at radius 3 is 2.25 bits per heavy atom. The van der Waals surface area contributed by atoms with E-state index in [-0.39, 0.29) is 5.25 Å². The third-order valence-electron chi connectivity index (χ3n) is 4.80. The second-order valence-electron chi connectivity index (χ2n) is 6.38. The van der Waals surface area contributed by atoms with Gasteiger partial charge in [0.1, 0.15) is 0 Å². The summed E-state index contributed by atoms with van der Waals surface area (Å²) in [7, 11) is -3.10. The minimum absolute atomic E-state index is 0.216. The fraction of sp³-hybridized carbons (Fsp3) is 1.00. The lowest BCUT2D eigenvalue weighted by atomic mass is 10.1. The van der Waals surface area contributed by atoms with Crippen molar-refractivity contribution in [2.45, 2.75) is 49.8 Å². The maximum atomic E-state index is 12.6. The molecule has 0 aromatic heterocycles. The summed E-state index contributed by atoms with van der Waals surface area (Å²) < 4.78 is 32.1. The molecule has 1 saturated carbocycles. The molecule has 20 heavy (non-hydrogen) atoms. The van der Waals surface area contributed by atoms with E-state index < -0.39 is 10.0 Å². The minimum atomic E-state index is -3.10. The van der Waals surface area contributed by atoms with E-state index in [0.717, 1.165) is 25.3 Å². The van der Waals surface area contributed by atoms with Gasteiger partial charge in [0.05, 0.1) is 5.25 Å². The highest BCUT2D eigenvalue weighted by atomic mass is 32.2.